The Balaban J connectivity index is 0.00000450. The van der Waals surface area contributed by atoms with Gasteiger partial charge in [0.05, 0.1) is 0 Å². The van der Waals surface area contributed by atoms with Crippen molar-refractivity contribution >= 4 is 29.6 Å². The minimum absolute atomic E-state index is 0. The average Bonchev–Trinajstić information content (AvgIpc) is 2.72. The number of amides is 1. The van der Waals surface area contributed by atoms with Crippen molar-refractivity contribution in [1.82, 2.24) is 5.32 Å². The van der Waals surface area contributed by atoms with Crippen LogP contribution in [0.4, 0.5) is 4.79 Å². The Morgan fingerprint density at radius 1 is 0.867 bits per heavy atom. The third kappa shape index (κ3) is 11.2. The van der Waals surface area contributed by atoms with E-state index in [4.69, 9.17) is 25.8 Å². The zero-order valence-electron chi connectivity index (χ0n) is 16.8. The fourth-order valence-electron chi connectivity index (χ4n) is 2.27. The van der Waals surface area contributed by atoms with Gasteiger partial charge in [-0.1, -0.05) is 41.9 Å². The van der Waals surface area contributed by atoms with Crippen molar-refractivity contribution in [1.29, 1.82) is 0 Å². The van der Waals surface area contributed by atoms with Gasteiger partial charge in [-0.05, 0) is 42.7 Å². The average molecular weight is 443 g/mol. The number of alkyl carbamates (subject to hydrolysis) is 1. The first-order chi connectivity index (χ1) is 14.0. The third-order valence-electron chi connectivity index (χ3n) is 3.74. The molecule has 0 unspecified atom stereocenters. The monoisotopic (exact) mass is 442 g/mol. The summed E-state index contributed by atoms with van der Waals surface area (Å²) < 4.78 is 14.7. The molecule has 0 fully saturated rings. The molecule has 2 rings (SSSR count). The second-order valence-corrected chi connectivity index (χ2v) is 6.45. The molecule has 2 aromatic rings. The largest absolute Gasteiger partial charge is 1.00 e. The second kappa shape index (κ2) is 14.8. The van der Waals surface area contributed by atoms with Gasteiger partial charge in [-0.15, -0.1) is 0 Å². The summed E-state index contributed by atoms with van der Waals surface area (Å²) in [5.74, 6) is -0.470. The van der Waals surface area contributed by atoms with Gasteiger partial charge in [-0.3, -0.25) is 9.59 Å². The van der Waals surface area contributed by atoms with Gasteiger partial charge in [0.25, 0.3) is 0 Å². The number of hydrogen-bond acceptors (Lipinski definition) is 6. The summed E-state index contributed by atoms with van der Waals surface area (Å²) in [5, 5.41) is 3.01. The van der Waals surface area contributed by atoms with Crippen LogP contribution in [0.15, 0.2) is 54.6 Å². The molecule has 0 aliphatic rings. The van der Waals surface area contributed by atoms with Gasteiger partial charge in [0, 0.05) is 24.4 Å². The molecule has 0 heterocycles. The Labute approximate surface area is 202 Å². The zero-order chi connectivity index (χ0) is 20.9. The maximum absolute atomic E-state index is 11.7. The number of carbonyl (C=O) groups is 3. The number of carbonyl (C=O) groups excluding carboxylic acids is 3. The molecule has 154 valence electrons. The smallest absolute Gasteiger partial charge is 0.428 e. The fraction of sp³-hybridized carbons (Fsp3) is 0.286. The van der Waals surface area contributed by atoms with Gasteiger partial charge in [-0.25, -0.2) is 4.79 Å². The van der Waals surface area contributed by atoms with Crippen molar-refractivity contribution < 1.29 is 58.2 Å². The van der Waals surface area contributed by atoms with Crippen LogP contribution >= 0.6 is 11.6 Å². The number of ether oxygens (including phenoxy) is 3. The molecular weight excluding hydrogens is 421 g/mol. The topological polar surface area (TPSA) is 90.9 Å². The molecule has 30 heavy (non-hydrogen) atoms. The van der Waals surface area contributed by atoms with Crippen LogP contribution in [-0.2, 0) is 25.5 Å². The van der Waals surface area contributed by atoms with Gasteiger partial charge < -0.3 is 19.5 Å². The van der Waals surface area contributed by atoms with Crippen molar-refractivity contribution in [3.63, 3.8) is 0 Å². The van der Waals surface area contributed by atoms with E-state index in [9.17, 15) is 14.4 Å². The first kappa shape index (κ1) is 26.0. The number of benzene rings is 2. The summed E-state index contributed by atoms with van der Waals surface area (Å²) >= 11 is 5.75. The summed E-state index contributed by atoms with van der Waals surface area (Å²) in [6.45, 7) is -0.241. The van der Waals surface area contributed by atoms with E-state index in [1.54, 1.807) is 24.3 Å². The summed E-state index contributed by atoms with van der Waals surface area (Å²) in [7, 11) is 0. The molecule has 0 saturated heterocycles. The first-order valence-electron chi connectivity index (χ1n) is 9.09. The van der Waals surface area contributed by atoms with Crippen LogP contribution in [0.2, 0.25) is 5.02 Å². The Morgan fingerprint density at radius 2 is 1.57 bits per heavy atom. The van der Waals surface area contributed by atoms with E-state index in [1.165, 1.54) is 0 Å². The molecule has 0 radical (unpaired) electrons. The number of hydrogen-bond donors (Lipinski definition) is 1. The molecule has 0 aliphatic heterocycles. The molecule has 1 amide bonds. The molecule has 0 aliphatic carbocycles. The number of halogens is 1. The SMILES string of the molecule is O=C(CCc1ccccc1)OCOC(=O)NCCCC(=O)Oc1ccc(Cl)cc1.[Na+]. The van der Waals surface area contributed by atoms with Crippen LogP contribution in [0.1, 0.15) is 24.8 Å². The predicted molar refractivity (Wildman–Crippen MR) is 107 cm³/mol. The van der Waals surface area contributed by atoms with Crippen molar-refractivity contribution in [2.75, 3.05) is 13.3 Å². The fourth-order valence-corrected chi connectivity index (χ4v) is 2.40. The summed E-state index contributed by atoms with van der Waals surface area (Å²) in [4.78, 5) is 34.8. The van der Waals surface area contributed by atoms with Crippen LogP contribution in [0.3, 0.4) is 0 Å². The van der Waals surface area contributed by atoms with E-state index in [0.717, 1.165) is 5.56 Å². The predicted octanol–water partition coefficient (Wildman–Crippen LogP) is 0.889. The van der Waals surface area contributed by atoms with E-state index >= 15 is 0 Å². The van der Waals surface area contributed by atoms with E-state index in [0.29, 0.717) is 23.6 Å². The van der Waals surface area contributed by atoms with Crippen LogP contribution in [0, 0.1) is 0 Å². The van der Waals surface area contributed by atoms with Gasteiger partial charge in [0.15, 0.2) is 0 Å². The third-order valence-corrected chi connectivity index (χ3v) is 3.99. The number of esters is 2. The van der Waals surface area contributed by atoms with E-state index < -0.39 is 24.8 Å². The van der Waals surface area contributed by atoms with E-state index in [-0.39, 0.29) is 48.9 Å². The number of aryl methyl sites for hydroxylation is 1. The minimum Gasteiger partial charge on any atom is -0.428 e. The molecule has 0 aromatic heterocycles. The quantitative estimate of drug-likeness (QED) is 0.193. The molecule has 0 spiro atoms. The van der Waals surface area contributed by atoms with Crippen LogP contribution in [-0.4, -0.2) is 31.4 Å². The summed E-state index contributed by atoms with van der Waals surface area (Å²) in [6, 6.07) is 16.0. The first-order valence-corrected chi connectivity index (χ1v) is 9.47. The van der Waals surface area contributed by atoms with Crippen molar-refractivity contribution in [3.8, 4) is 5.75 Å². The van der Waals surface area contributed by atoms with Crippen molar-refractivity contribution in [2.45, 2.75) is 25.7 Å². The Kier molecular flexibility index (Phi) is 12.9. The number of nitrogens with one attached hydrogen (secondary N) is 1. The van der Waals surface area contributed by atoms with Crippen LogP contribution < -0.4 is 39.6 Å². The molecule has 0 saturated carbocycles. The number of rotatable bonds is 10. The van der Waals surface area contributed by atoms with E-state index in [1.807, 2.05) is 30.3 Å². The molecule has 2 aromatic carbocycles. The maximum Gasteiger partial charge on any atom is 1.00 e. The summed E-state index contributed by atoms with van der Waals surface area (Å²) in [6.07, 6.45) is 0.519. The Morgan fingerprint density at radius 3 is 2.27 bits per heavy atom. The van der Waals surface area contributed by atoms with E-state index in [2.05, 4.69) is 5.32 Å². The van der Waals surface area contributed by atoms with Gasteiger partial charge in [-0.2, -0.15) is 0 Å². The molecule has 1 N–H and O–H groups in total. The molecular formula is C21H22ClNNaO6+. The maximum atomic E-state index is 11.7. The normalized spacial score (nSPS) is 9.77. The second-order valence-electron chi connectivity index (χ2n) is 6.01. The summed E-state index contributed by atoms with van der Waals surface area (Å²) in [5.41, 5.74) is 1.03. The van der Waals surface area contributed by atoms with Crippen molar-refractivity contribution in [3.05, 3.63) is 65.2 Å². The Bertz CT molecular complexity index is 801. The standard InChI is InChI=1S/C21H22ClNO6.Na/c22-17-9-11-18(12-10-17)29-20(25)7-4-14-23-21(26)28-15-27-19(24)13-8-16-5-2-1-3-6-16;/h1-3,5-6,9-12H,4,7-8,13-15H2,(H,23,26);/q;+1. The minimum atomic E-state index is -0.730. The van der Waals surface area contributed by atoms with Gasteiger partial charge >= 0.3 is 47.6 Å². The molecule has 0 bridgehead atoms. The molecule has 0 atom stereocenters. The Hall–Kier alpha value is -2.06. The van der Waals surface area contributed by atoms with Crippen LogP contribution in [0.25, 0.3) is 0 Å². The van der Waals surface area contributed by atoms with Gasteiger partial charge in [0.1, 0.15) is 5.75 Å². The zero-order valence-corrected chi connectivity index (χ0v) is 19.5. The van der Waals surface area contributed by atoms with Crippen molar-refractivity contribution in [2.24, 2.45) is 0 Å². The molecule has 7 nitrogen and oxygen atoms in total. The molecule has 9 heteroatoms. The van der Waals surface area contributed by atoms with Gasteiger partial charge in [0.2, 0.25) is 6.79 Å². The van der Waals surface area contributed by atoms with Crippen LogP contribution in [0.5, 0.6) is 5.75 Å².